The van der Waals surface area contributed by atoms with Gasteiger partial charge in [-0.3, -0.25) is 4.79 Å². The Labute approximate surface area is 124 Å². The molecule has 1 N–H and O–H groups in total. The van der Waals surface area contributed by atoms with E-state index in [2.05, 4.69) is 5.32 Å². The zero-order valence-corrected chi connectivity index (χ0v) is 12.7. The number of halogens is 1. The summed E-state index contributed by atoms with van der Waals surface area (Å²) in [5.74, 6) is -0.0506. The van der Waals surface area contributed by atoms with E-state index in [1.165, 1.54) is 0 Å². The molecule has 0 bridgehead atoms. The number of carbonyl (C=O) groups excluding carboxylic acids is 1. The van der Waals surface area contributed by atoms with Gasteiger partial charge in [0.15, 0.2) is 0 Å². The first kappa shape index (κ1) is 14.6. The van der Waals surface area contributed by atoms with Crippen molar-refractivity contribution in [2.24, 2.45) is 0 Å². The summed E-state index contributed by atoms with van der Waals surface area (Å²) in [6.45, 7) is 5.78. The fraction of sp³-hybridized carbons (Fsp3) is 0.235. The number of amides is 1. The maximum atomic E-state index is 12.5. The molecular weight excluding hydrogens is 270 g/mol. The quantitative estimate of drug-likeness (QED) is 0.880. The van der Waals surface area contributed by atoms with Crippen molar-refractivity contribution in [1.82, 2.24) is 0 Å². The SMILES string of the molecule is Cc1cccc(NC(=O)C(C)(C)c2cccc(Cl)c2)c1. The van der Waals surface area contributed by atoms with Crippen molar-refractivity contribution in [3.05, 3.63) is 64.7 Å². The van der Waals surface area contributed by atoms with Gasteiger partial charge in [-0.05, 0) is 56.2 Å². The van der Waals surface area contributed by atoms with E-state index >= 15 is 0 Å². The van der Waals surface area contributed by atoms with Crippen molar-refractivity contribution in [1.29, 1.82) is 0 Å². The molecule has 3 heteroatoms. The van der Waals surface area contributed by atoms with Crippen LogP contribution in [0.3, 0.4) is 0 Å². The van der Waals surface area contributed by atoms with E-state index in [0.717, 1.165) is 16.8 Å². The first-order valence-electron chi connectivity index (χ1n) is 6.54. The minimum absolute atomic E-state index is 0.0506. The van der Waals surface area contributed by atoms with Gasteiger partial charge >= 0.3 is 0 Å². The summed E-state index contributed by atoms with van der Waals surface area (Å²) in [5, 5.41) is 3.60. The van der Waals surface area contributed by atoms with E-state index in [0.29, 0.717) is 5.02 Å². The fourth-order valence-corrected chi connectivity index (χ4v) is 2.21. The van der Waals surface area contributed by atoms with Gasteiger partial charge in [0, 0.05) is 10.7 Å². The van der Waals surface area contributed by atoms with Crippen LogP contribution in [0.5, 0.6) is 0 Å². The van der Waals surface area contributed by atoms with Crippen LogP contribution in [-0.4, -0.2) is 5.91 Å². The molecule has 1 amide bonds. The van der Waals surface area contributed by atoms with Gasteiger partial charge in [-0.15, -0.1) is 0 Å². The number of anilines is 1. The first-order valence-corrected chi connectivity index (χ1v) is 6.91. The summed E-state index contributed by atoms with van der Waals surface area (Å²) in [7, 11) is 0. The molecular formula is C17H18ClNO. The molecule has 2 aromatic rings. The van der Waals surface area contributed by atoms with Crippen LogP contribution in [-0.2, 0) is 10.2 Å². The highest BCUT2D eigenvalue weighted by atomic mass is 35.5. The zero-order valence-electron chi connectivity index (χ0n) is 11.9. The molecule has 2 nitrogen and oxygen atoms in total. The van der Waals surface area contributed by atoms with Crippen LogP contribution in [0.25, 0.3) is 0 Å². The van der Waals surface area contributed by atoms with Gasteiger partial charge in [-0.25, -0.2) is 0 Å². The van der Waals surface area contributed by atoms with Gasteiger partial charge in [0.1, 0.15) is 0 Å². The average molecular weight is 288 g/mol. The molecule has 2 rings (SSSR count). The summed E-state index contributed by atoms with van der Waals surface area (Å²) in [6, 6.07) is 15.2. The minimum Gasteiger partial charge on any atom is -0.325 e. The van der Waals surface area contributed by atoms with Crippen LogP contribution in [0.15, 0.2) is 48.5 Å². The molecule has 104 valence electrons. The Morgan fingerprint density at radius 1 is 1.10 bits per heavy atom. The minimum atomic E-state index is -0.644. The summed E-state index contributed by atoms with van der Waals surface area (Å²) in [4.78, 5) is 12.5. The topological polar surface area (TPSA) is 29.1 Å². The predicted octanol–water partition coefficient (Wildman–Crippen LogP) is 4.56. The average Bonchev–Trinajstić information content (AvgIpc) is 2.38. The molecule has 0 aliphatic rings. The summed E-state index contributed by atoms with van der Waals surface area (Å²) >= 11 is 6.00. The van der Waals surface area contributed by atoms with Crippen molar-refractivity contribution in [3.8, 4) is 0 Å². The molecule has 0 saturated heterocycles. The Balaban J connectivity index is 2.23. The number of rotatable bonds is 3. The third-order valence-corrected chi connectivity index (χ3v) is 3.62. The monoisotopic (exact) mass is 287 g/mol. The maximum Gasteiger partial charge on any atom is 0.234 e. The highest BCUT2D eigenvalue weighted by Crippen LogP contribution is 2.27. The molecule has 0 atom stereocenters. The van der Waals surface area contributed by atoms with Crippen LogP contribution in [0.2, 0.25) is 5.02 Å². The van der Waals surface area contributed by atoms with Crippen molar-refractivity contribution in [2.45, 2.75) is 26.2 Å². The smallest absolute Gasteiger partial charge is 0.234 e. The highest BCUT2D eigenvalue weighted by Gasteiger charge is 2.29. The number of carbonyl (C=O) groups is 1. The molecule has 20 heavy (non-hydrogen) atoms. The van der Waals surface area contributed by atoms with Crippen molar-refractivity contribution in [2.75, 3.05) is 5.32 Å². The maximum absolute atomic E-state index is 12.5. The number of nitrogens with one attached hydrogen (secondary N) is 1. The Bertz CT molecular complexity index is 634. The molecule has 0 heterocycles. The van der Waals surface area contributed by atoms with Crippen LogP contribution >= 0.6 is 11.6 Å². The number of hydrogen-bond donors (Lipinski definition) is 1. The Hall–Kier alpha value is -1.80. The van der Waals surface area contributed by atoms with E-state index in [4.69, 9.17) is 11.6 Å². The van der Waals surface area contributed by atoms with Gasteiger partial charge in [0.25, 0.3) is 0 Å². The fourth-order valence-electron chi connectivity index (χ4n) is 2.02. The van der Waals surface area contributed by atoms with Crippen molar-refractivity contribution >= 4 is 23.2 Å². The predicted molar refractivity (Wildman–Crippen MR) is 84.3 cm³/mol. The van der Waals surface area contributed by atoms with E-state index in [-0.39, 0.29) is 5.91 Å². The Kier molecular flexibility index (Phi) is 4.15. The van der Waals surface area contributed by atoms with E-state index in [1.54, 1.807) is 6.07 Å². The molecule has 0 spiro atoms. The van der Waals surface area contributed by atoms with Gasteiger partial charge < -0.3 is 5.32 Å². The second-order valence-electron chi connectivity index (χ2n) is 5.46. The van der Waals surface area contributed by atoms with Crippen LogP contribution < -0.4 is 5.32 Å². The number of benzene rings is 2. The largest absolute Gasteiger partial charge is 0.325 e. The van der Waals surface area contributed by atoms with E-state index in [9.17, 15) is 4.79 Å². The second kappa shape index (κ2) is 5.68. The first-order chi connectivity index (χ1) is 9.39. The molecule has 0 aliphatic carbocycles. The summed E-state index contributed by atoms with van der Waals surface area (Å²) in [5.41, 5.74) is 2.18. The van der Waals surface area contributed by atoms with Crippen molar-refractivity contribution < 1.29 is 4.79 Å². The van der Waals surface area contributed by atoms with Crippen molar-refractivity contribution in [3.63, 3.8) is 0 Å². The summed E-state index contributed by atoms with van der Waals surface area (Å²) < 4.78 is 0. The van der Waals surface area contributed by atoms with Gasteiger partial charge in [0.2, 0.25) is 5.91 Å². The second-order valence-corrected chi connectivity index (χ2v) is 5.90. The lowest BCUT2D eigenvalue weighted by molar-refractivity contribution is -0.120. The van der Waals surface area contributed by atoms with Gasteiger partial charge in [0.05, 0.1) is 5.41 Å². The third kappa shape index (κ3) is 3.20. The molecule has 2 aromatic carbocycles. The van der Waals surface area contributed by atoms with Crippen LogP contribution in [0.1, 0.15) is 25.0 Å². The molecule has 0 unspecified atom stereocenters. The number of aryl methyl sites for hydroxylation is 1. The Morgan fingerprint density at radius 2 is 1.80 bits per heavy atom. The zero-order chi connectivity index (χ0) is 14.8. The molecule has 0 fully saturated rings. The van der Waals surface area contributed by atoms with E-state index in [1.807, 2.05) is 63.2 Å². The van der Waals surface area contributed by atoms with Gasteiger partial charge in [-0.1, -0.05) is 35.9 Å². The van der Waals surface area contributed by atoms with E-state index < -0.39 is 5.41 Å². The molecule has 0 aliphatic heterocycles. The van der Waals surface area contributed by atoms with Gasteiger partial charge in [-0.2, -0.15) is 0 Å². The normalized spacial score (nSPS) is 11.2. The summed E-state index contributed by atoms with van der Waals surface area (Å²) in [6.07, 6.45) is 0. The molecule has 0 radical (unpaired) electrons. The molecule has 0 saturated carbocycles. The number of hydrogen-bond acceptors (Lipinski definition) is 1. The van der Waals surface area contributed by atoms with Crippen LogP contribution in [0.4, 0.5) is 5.69 Å². The third-order valence-electron chi connectivity index (χ3n) is 3.39. The lowest BCUT2D eigenvalue weighted by atomic mass is 9.83. The lowest BCUT2D eigenvalue weighted by Gasteiger charge is -2.24. The Morgan fingerprint density at radius 3 is 2.45 bits per heavy atom. The lowest BCUT2D eigenvalue weighted by Crippen LogP contribution is -2.34. The molecule has 0 aromatic heterocycles. The van der Waals surface area contributed by atoms with Crippen LogP contribution in [0, 0.1) is 6.92 Å². The highest BCUT2D eigenvalue weighted by molar-refractivity contribution is 6.30. The standard InChI is InChI=1S/C17H18ClNO/c1-12-6-4-9-15(10-12)19-16(20)17(2,3)13-7-5-8-14(18)11-13/h4-11H,1-3H3,(H,19,20).